The number of hydrogen-bond acceptors (Lipinski definition) is 5. The van der Waals surface area contributed by atoms with E-state index in [2.05, 4.69) is 66.7 Å². The summed E-state index contributed by atoms with van der Waals surface area (Å²) >= 11 is 0. The van der Waals surface area contributed by atoms with Gasteiger partial charge in [0.2, 0.25) is 0 Å². The molecule has 3 rings (SSSR count). The molecule has 0 atom stereocenters. The minimum atomic E-state index is -0.441. The van der Waals surface area contributed by atoms with Crippen LogP contribution < -0.4 is 11.2 Å². The molecule has 37 heavy (non-hydrogen) atoms. The zero-order valence-corrected chi connectivity index (χ0v) is 24.3. The lowest BCUT2D eigenvalue weighted by Gasteiger charge is -2.45. The van der Waals surface area contributed by atoms with Crippen LogP contribution >= 0.6 is 0 Å². The normalized spacial score (nSPS) is 20.1. The number of nitrogens with two attached hydrogens (primary N) is 1. The summed E-state index contributed by atoms with van der Waals surface area (Å²) in [5.74, 6) is 0. The first-order valence-corrected chi connectivity index (χ1v) is 14.4. The quantitative estimate of drug-likeness (QED) is 0.203. The van der Waals surface area contributed by atoms with Crippen molar-refractivity contribution in [3.63, 3.8) is 0 Å². The Hall–Kier alpha value is -1.99. The summed E-state index contributed by atoms with van der Waals surface area (Å²) in [4.78, 5) is 15.2. The van der Waals surface area contributed by atoms with Gasteiger partial charge in [-0.15, -0.1) is 0 Å². The smallest absolute Gasteiger partial charge is 0.449 e. The van der Waals surface area contributed by atoms with Gasteiger partial charge in [0.1, 0.15) is 0 Å². The van der Waals surface area contributed by atoms with Crippen LogP contribution in [0.25, 0.3) is 5.57 Å². The molecule has 1 aromatic carbocycles. The van der Waals surface area contributed by atoms with Gasteiger partial charge >= 0.3 is 13.2 Å². The van der Waals surface area contributed by atoms with Gasteiger partial charge in [0.25, 0.3) is 0 Å². The van der Waals surface area contributed by atoms with Crippen molar-refractivity contribution in [2.75, 3.05) is 18.9 Å². The Morgan fingerprint density at radius 2 is 1.59 bits per heavy atom. The molecule has 0 aromatic heterocycles. The zero-order chi connectivity index (χ0) is 27.3. The van der Waals surface area contributed by atoms with Crippen LogP contribution in [0.1, 0.15) is 112 Å². The fraction of sp³-hybridized carbons (Fsp3) is 0.700. The predicted octanol–water partition coefficient (Wildman–Crippen LogP) is 6.71. The average molecular weight is 513 g/mol. The molecule has 0 spiro atoms. The van der Waals surface area contributed by atoms with Crippen molar-refractivity contribution in [2.45, 2.75) is 123 Å². The van der Waals surface area contributed by atoms with Crippen molar-refractivity contribution >= 4 is 29.9 Å². The van der Waals surface area contributed by atoms with Gasteiger partial charge in [-0.3, -0.25) is 4.90 Å². The van der Waals surface area contributed by atoms with E-state index < -0.39 is 18.3 Å². The number of benzene rings is 1. The number of rotatable bonds is 11. The lowest BCUT2D eigenvalue weighted by atomic mass is 9.76. The Bertz CT molecular complexity index is 935. The number of hydrogen-bond donors (Lipinski definition) is 1. The first kappa shape index (κ1) is 29.6. The summed E-state index contributed by atoms with van der Waals surface area (Å²) in [6, 6.07) is 6.16. The van der Waals surface area contributed by atoms with E-state index >= 15 is 0 Å². The molecule has 1 amide bonds. The fourth-order valence-electron chi connectivity index (χ4n) is 5.30. The number of nitrogen functional groups attached to an aromatic ring is 1. The van der Waals surface area contributed by atoms with Gasteiger partial charge in [-0.1, -0.05) is 71.1 Å². The molecule has 0 saturated carbocycles. The van der Waals surface area contributed by atoms with Crippen LogP contribution in [-0.4, -0.2) is 48.0 Å². The minimum Gasteiger partial charge on any atom is -0.449 e. The highest BCUT2D eigenvalue weighted by atomic mass is 16.7. The highest BCUT2D eigenvalue weighted by Crippen LogP contribution is 2.41. The number of carbonyl (C=O) groups excluding carboxylic acids is 1. The molecule has 6 nitrogen and oxygen atoms in total. The second-order valence-corrected chi connectivity index (χ2v) is 11.8. The summed E-state index contributed by atoms with van der Waals surface area (Å²) in [7, 11) is -0.441. The number of ether oxygens (including phenoxy) is 1. The van der Waals surface area contributed by atoms with E-state index in [1.807, 2.05) is 11.0 Å². The third-order valence-corrected chi connectivity index (χ3v) is 8.40. The minimum absolute atomic E-state index is 0.181. The predicted molar refractivity (Wildman–Crippen MR) is 154 cm³/mol. The maximum atomic E-state index is 13.2. The van der Waals surface area contributed by atoms with E-state index in [0.717, 1.165) is 74.5 Å². The maximum Gasteiger partial charge on any atom is 0.494 e. The first-order valence-electron chi connectivity index (χ1n) is 14.4. The van der Waals surface area contributed by atoms with Crippen molar-refractivity contribution in [1.82, 2.24) is 4.90 Å². The lowest BCUT2D eigenvalue weighted by Crippen LogP contribution is -2.53. The summed E-state index contributed by atoms with van der Waals surface area (Å²) in [6.45, 7) is 15.9. The maximum absolute atomic E-state index is 13.2. The highest BCUT2D eigenvalue weighted by molar-refractivity contribution is 6.62. The van der Waals surface area contributed by atoms with Crippen LogP contribution in [0, 0.1) is 0 Å². The number of unbranched alkanes of at least 4 members (excludes halogenated alkanes) is 3. The molecule has 2 aliphatic heterocycles. The van der Waals surface area contributed by atoms with Crippen molar-refractivity contribution in [2.24, 2.45) is 0 Å². The van der Waals surface area contributed by atoms with Gasteiger partial charge < -0.3 is 19.8 Å². The molecule has 0 aliphatic carbocycles. The molecular weight excluding hydrogens is 463 g/mol. The Kier molecular flexibility index (Phi) is 9.79. The third kappa shape index (κ3) is 6.54. The monoisotopic (exact) mass is 512 g/mol. The molecule has 1 saturated heterocycles. The summed E-state index contributed by atoms with van der Waals surface area (Å²) in [5.41, 5.74) is 9.42. The van der Waals surface area contributed by atoms with Crippen LogP contribution in [0.2, 0.25) is 0 Å². The first-order chi connectivity index (χ1) is 17.5. The molecule has 0 unspecified atom stereocenters. The molecule has 7 heteroatoms. The van der Waals surface area contributed by atoms with Gasteiger partial charge in [-0.25, -0.2) is 4.79 Å². The average Bonchev–Trinajstić information content (AvgIpc) is 3.08. The second-order valence-electron chi connectivity index (χ2n) is 11.8. The lowest BCUT2D eigenvalue weighted by molar-refractivity contribution is 0.00578. The molecule has 2 aliphatic rings. The third-order valence-electron chi connectivity index (χ3n) is 8.40. The number of anilines is 1. The van der Waals surface area contributed by atoms with Gasteiger partial charge in [0.15, 0.2) is 0 Å². The molecule has 2 heterocycles. The Balaban J connectivity index is 1.93. The van der Waals surface area contributed by atoms with Crippen LogP contribution in [0.5, 0.6) is 0 Å². The van der Waals surface area contributed by atoms with Crippen LogP contribution in [0.3, 0.4) is 0 Å². The van der Waals surface area contributed by atoms with Crippen molar-refractivity contribution in [1.29, 1.82) is 0 Å². The number of carbonyl (C=O) groups is 1. The Morgan fingerprint density at radius 1 is 1.00 bits per heavy atom. The molecule has 0 bridgehead atoms. The van der Waals surface area contributed by atoms with Crippen LogP contribution in [0.4, 0.5) is 10.5 Å². The van der Waals surface area contributed by atoms with E-state index in [4.69, 9.17) is 19.8 Å². The largest absolute Gasteiger partial charge is 0.494 e. The highest BCUT2D eigenvalue weighted by Gasteiger charge is 2.51. The van der Waals surface area contributed by atoms with E-state index in [1.165, 1.54) is 5.57 Å². The van der Waals surface area contributed by atoms with Gasteiger partial charge in [0.05, 0.1) is 23.3 Å². The van der Waals surface area contributed by atoms with Crippen LogP contribution in [0.15, 0.2) is 24.3 Å². The SMILES string of the molecule is CCCCOC(=O)N1CCC(c2ccc(B3OC(C)(C)C(C)(C)O3)cc2N)=CC1(CCCC)CCCC. The van der Waals surface area contributed by atoms with E-state index in [1.54, 1.807) is 0 Å². The molecule has 1 fully saturated rings. The number of amides is 1. The van der Waals surface area contributed by atoms with E-state index in [9.17, 15) is 4.79 Å². The van der Waals surface area contributed by atoms with Crippen molar-refractivity contribution in [3.8, 4) is 0 Å². The Morgan fingerprint density at radius 3 is 2.14 bits per heavy atom. The van der Waals surface area contributed by atoms with E-state index in [-0.39, 0.29) is 11.6 Å². The molecule has 206 valence electrons. The van der Waals surface area contributed by atoms with E-state index in [0.29, 0.717) is 13.2 Å². The Labute approximate surface area is 225 Å². The van der Waals surface area contributed by atoms with Gasteiger partial charge in [-0.2, -0.15) is 0 Å². The van der Waals surface area contributed by atoms with Crippen molar-refractivity contribution < 1.29 is 18.8 Å². The molecule has 0 radical (unpaired) electrons. The van der Waals surface area contributed by atoms with Crippen LogP contribution in [-0.2, 0) is 14.0 Å². The molecular formula is C30H49BN2O4. The summed E-state index contributed by atoms with van der Waals surface area (Å²) < 4.78 is 18.2. The van der Waals surface area contributed by atoms with Gasteiger partial charge in [0, 0.05) is 17.8 Å². The standard InChI is InChI=1S/C30H49BN2O4/c1-8-11-17-30(18-12-9-2)22-23(16-19-33(30)27(34)35-20-13-10-3)25-15-14-24(21-26(25)32)31-36-28(4,5)29(6,7)37-31/h14-15,21-22H,8-13,16-20,32H2,1-7H3. The summed E-state index contributed by atoms with van der Waals surface area (Å²) in [6.07, 6.45) is 11.0. The number of nitrogens with zero attached hydrogens (tertiary/aromatic N) is 1. The second kappa shape index (κ2) is 12.2. The molecule has 2 N–H and O–H groups in total. The summed E-state index contributed by atoms with van der Waals surface area (Å²) in [5, 5.41) is 0. The fourth-order valence-corrected chi connectivity index (χ4v) is 5.30. The topological polar surface area (TPSA) is 74.0 Å². The molecule has 1 aromatic rings. The van der Waals surface area contributed by atoms with Crippen molar-refractivity contribution in [3.05, 3.63) is 29.8 Å². The van der Waals surface area contributed by atoms with Gasteiger partial charge in [-0.05, 0) is 70.5 Å². The zero-order valence-electron chi connectivity index (χ0n) is 24.3.